The first-order valence-electron chi connectivity index (χ1n) is 8.47. The summed E-state index contributed by atoms with van der Waals surface area (Å²) < 4.78 is 5.78. The molecule has 5 nitrogen and oxygen atoms in total. The molecule has 0 bridgehead atoms. The summed E-state index contributed by atoms with van der Waals surface area (Å²) in [5, 5.41) is 3.15. The molecular weight excluding hydrogens is 302 g/mol. The summed E-state index contributed by atoms with van der Waals surface area (Å²) in [6.07, 6.45) is 7.61. The number of nitrogens with zero attached hydrogens (tertiary/aromatic N) is 2. The number of ether oxygens (including phenoxy) is 1. The summed E-state index contributed by atoms with van der Waals surface area (Å²) in [5.41, 5.74) is 2.24. The van der Waals surface area contributed by atoms with E-state index < -0.39 is 0 Å². The zero-order chi connectivity index (χ0) is 16.8. The van der Waals surface area contributed by atoms with E-state index in [0.29, 0.717) is 12.4 Å². The second-order valence-electron chi connectivity index (χ2n) is 6.36. The molecule has 24 heavy (non-hydrogen) atoms. The van der Waals surface area contributed by atoms with Crippen LogP contribution in [-0.2, 0) is 11.2 Å². The number of amides is 1. The molecule has 2 aromatic rings. The molecule has 0 aliphatic heterocycles. The monoisotopic (exact) mass is 325 g/mol. The summed E-state index contributed by atoms with van der Waals surface area (Å²) in [6, 6.07) is 10.5. The zero-order valence-electron chi connectivity index (χ0n) is 13.9. The fourth-order valence-corrected chi connectivity index (χ4v) is 3.11. The largest absolute Gasteiger partial charge is 0.460 e. The number of nitrogens with one attached hydrogen (secondary N) is 1. The van der Waals surface area contributed by atoms with Gasteiger partial charge in [0.15, 0.2) is 0 Å². The normalized spacial score (nSPS) is 20.4. The fraction of sp³-hybridized carbons (Fsp3) is 0.421. The van der Waals surface area contributed by atoms with E-state index in [1.807, 2.05) is 25.1 Å². The van der Waals surface area contributed by atoms with Crippen molar-refractivity contribution >= 4 is 5.91 Å². The van der Waals surface area contributed by atoms with E-state index in [-0.39, 0.29) is 18.1 Å². The van der Waals surface area contributed by atoms with Gasteiger partial charge in [-0.1, -0.05) is 29.8 Å². The highest BCUT2D eigenvalue weighted by atomic mass is 16.5. The van der Waals surface area contributed by atoms with Crippen molar-refractivity contribution < 1.29 is 9.53 Å². The highest BCUT2D eigenvalue weighted by Crippen LogP contribution is 2.22. The Kier molecular flexibility index (Phi) is 5.41. The molecule has 0 radical (unpaired) electrons. The van der Waals surface area contributed by atoms with Crippen molar-refractivity contribution in [2.45, 2.75) is 51.2 Å². The van der Waals surface area contributed by atoms with E-state index in [2.05, 4.69) is 21.4 Å². The van der Waals surface area contributed by atoms with Gasteiger partial charge in [-0.2, -0.15) is 0 Å². The van der Waals surface area contributed by atoms with Crippen LogP contribution in [0.3, 0.4) is 0 Å². The Morgan fingerprint density at radius 1 is 1.17 bits per heavy atom. The van der Waals surface area contributed by atoms with Gasteiger partial charge in [0.25, 0.3) is 0 Å². The smallest absolute Gasteiger partial charge is 0.316 e. The maximum atomic E-state index is 12.2. The molecule has 1 amide bonds. The van der Waals surface area contributed by atoms with Gasteiger partial charge in [0.1, 0.15) is 6.10 Å². The molecule has 1 fully saturated rings. The Morgan fingerprint density at radius 2 is 1.92 bits per heavy atom. The topological polar surface area (TPSA) is 64.1 Å². The third-order valence-corrected chi connectivity index (χ3v) is 4.30. The van der Waals surface area contributed by atoms with Crippen molar-refractivity contribution in [2.75, 3.05) is 0 Å². The molecule has 0 saturated heterocycles. The number of hydrogen-bond donors (Lipinski definition) is 1. The van der Waals surface area contributed by atoms with E-state index in [1.54, 1.807) is 18.5 Å². The summed E-state index contributed by atoms with van der Waals surface area (Å²) in [6.45, 7) is 2.04. The average Bonchev–Trinajstić information content (AvgIpc) is 2.57. The number of rotatable bonds is 5. The lowest BCUT2D eigenvalue weighted by atomic mass is 9.92. The minimum atomic E-state index is 0.0939. The van der Waals surface area contributed by atoms with E-state index in [4.69, 9.17) is 4.74 Å². The zero-order valence-corrected chi connectivity index (χ0v) is 13.9. The molecule has 1 N–H and O–H groups in total. The third kappa shape index (κ3) is 4.78. The van der Waals surface area contributed by atoms with Crippen molar-refractivity contribution in [3.8, 4) is 6.01 Å². The van der Waals surface area contributed by atoms with E-state index in [9.17, 15) is 4.79 Å². The Labute approximate surface area is 142 Å². The van der Waals surface area contributed by atoms with E-state index in [1.165, 1.54) is 5.56 Å². The Hall–Kier alpha value is -2.43. The quantitative estimate of drug-likeness (QED) is 0.918. The molecule has 126 valence electrons. The van der Waals surface area contributed by atoms with Crippen LogP contribution in [0.15, 0.2) is 42.7 Å². The van der Waals surface area contributed by atoms with Crippen molar-refractivity contribution in [3.63, 3.8) is 0 Å². The number of aryl methyl sites for hydroxylation is 1. The van der Waals surface area contributed by atoms with Crippen molar-refractivity contribution in [3.05, 3.63) is 53.9 Å². The summed E-state index contributed by atoms with van der Waals surface area (Å²) in [5.74, 6) is 0.0939. The highest BCUT2D eigenvalue weighted by Gasteiger charge is 2.24. The highest BCUT2D eigenvalue weighted by molar-refractivity contribution is 5.78. The summed E-state index contributed by atoms with van der Waals surface area (Å²) in [7, 11) is 0. The minimum Gasteiger partial charge on any atom is -0.460 e. The van der Waals surface area contributed by atoms with Crippen molar-refractivity contribution in [1.29, 1.82) is 0 Å². The van der Waals surface area contributed by atoms with Gasteiger partial charge in [-0.15, -0.1) is 0 Å². The second kappa shape index (κ2) is 7.90. The van der Waals surface area contributed by atoms with Gasteiger partial charge in [-0.25, -0.2) is 9.97 Å². The van der Waals surface area contributed by atoms with Crippen LogP contribution < -0.4 is 10.1 Å². The van der Waals surface area contributed by atoms with Crippen LogP contribution >= 0.6 is 0 Å². The molecule has 1 aliphatic rings. The number of hydrogen-bond acceptors (Lipinski definition) is 4. The fourth-order valence-electron chi connectivity index (χ4n) is 3.11. The number of carbonyl (C=O) groups is 1. The Balaban J connectivity index is 1.42. The van der Waals surface area contributed by atoms with E-state index >= 15 is 0 Å². The molecule has 1 heterocycles. The summed E-state index contributed by atoms with van der Waals surface area (Å²) >= 11 is 0. The predicted octanol–water partition coefficient (Wildman–Crippen LogP) is 2.83. The molecule has 1 aliphatic carbocycles. The molecule has 0 atom stereocenters. The van der Waals surface area contributed by atoms with Gasteiger partial charge >= 0.3 is 6.01 Å². The van der Waals surface area contributed by atoms with Crippen LogP contribution in [0.5, 0.6) is 6.01 Å². The van der Waals surface area contributed by atoms with Gasteiger partial charge in [0.05, 0.1) is 6.42 Å². The maximum absolute atomic E-state index is 12.2. The first-order chi connectivity index (χ1) is 11.7. The molecule has 1 aromatic carbocycles. The van der Waals surface area contributed by atoms with Gasteiger partial charge in [0, 0.05) is 18.4 Å². The molecule has 3 rings (SSSR count). The first-order valence-corrected chi connectivity index (χ1v) is 8.47. The van der Waals surface area contributed by atoms with Crippen LogP contribution in [0.2, 0.25) is 0 Å². The van der Waals surface area contributed by atoms with Gasteiger partial charge in [0.2, 0.25) is 5.91 Å². The third-order valence-electron chi connectivity index (χ3n) is 4.30. The standard InChI is InChI=1S/C19H23N3O2/c1-14-4-2-5-15(12-14)13-18(23)22-16-6-8-17(9-7-16)24-19-20-10-3-11-21-19/h2-5,10-12,16-17H,6-9,13H2,1H3,(H,22,23). The van der Waals surface area contributed by atoms with Crippen LogP contribution in [0.25, 0.3) is 0 Å². The van der Waals surface area contributed by atoms with Crippen LogP contribution in [0, 0.1) is 6.92 Å². The van der Waals surface area contributed by atoms with E-state index in [0.717, 1.165) is 31.2 Å². The number of benzene rings is 1. The number of carbonyl (C=O) groups excluding carboxylic acids is 1. The van der Waals surface area contributed by atoms with Crippen LogP contribution in [0.1, 0.15) is 36.8 Å². The Bertz CT molecular complexity index is 667. The maximum Gasteiger partial charge on any atom is 0.316 e. The van der Waals surface area contributed by atoms with Crippen molar-refractivity contribution in [1.82, 2.24) is 15.3 Å². The van der Waals surface area contributed by atoms with Crippen LogP contribution in [0.4, 0.5) is 0 Å². The predicted molar refractivity (Wildman–Crippen MR) is 91.7 cm³/mol. The molecule has 5 heteroatoms. The summed E-state index contributed by atoms with van der Waals surface area (Å²) in [4.78, 5) is 20.4. The SMILES string of the molecule is Cc1cccc(CC(=O)NC2CCC(Oc3ncccn3)CC2)c1. The minimum absolute atomic E-state index is 0.0939. The van der Waals surface area contributed by atoms with Gasteiger partial charge < -0.3 is 10.1 Å². The molecule has 0 spiro atoms. The second-order valence-corrected chi connectivity index (χ2v) is 6.36. The number of aromatic nitrogens is 2. The Morgan fingerprint density at radius 3 is 2.62 bits per heavy atom. The molecule has 1 aromatic heterocycles. The lowest BCUT2D eigenvalue weighted by molar-refractivity contribution is -0.121. The van der Waals surface area contributed by atoms with Gasteiger partial charge in [-0.05, 0) is 44.2 Å². The molecule has 1 saturated carbocycles. The lowest BCUT2D eigenvalue weighted by Gasteiger charge is -2.28. The lowest BCUT2D eigenvalue weighted by Crippen LogP contribution is -2.40. The van der Waals surface area contributed by atoms with Crippen molar-refractivity contribution in [2.24, 2.45) is 0 Å². The average molecular weight is 325 g/mol. The first kappa shape index (κ1) is 16.4. The molecular formula is C19H23N3O2. The van der Waals surface area contributed by atoms with Gasteiger partial charge in [-0.3, -0.25) is 4.79 Å². The molecule has 0 unspecified atom stereocenters. The van der Waals surface area contributed by atoms with Crippen LogP contribution in [-0.4, -0.2) is 28.0 Å².